The first-order chi connectivity index (χ1) is 14.6. The van der Waals surface area contributed by atoms with Crippen LogP contribution in [-0.4, -0.2) is 27.6 Å². The van der Waals surface area contributed by atoms with E-state index < -0.39 is 0 Å². The van der Waals surface area contributed by atoms with Crippen LogP contribution < -0.4 is 4.74 Å². The molecule has 0 aliphatic rings. The molecule has 0 saturated carbocycles. The standard InChI is InChI=1S/C23H22BrN3O3/c1-3-27-20(19(24)13-25-27)14-26(2)23(28)22-12-11-17(30-22)15-29-21-10-6-8-16-7-4-5-9-18(16)21/h4-13H,3,14-15H2,1-2H3. The zero-order valence-corrected chi connectivity index (χ0v) is 18.4. The number of aryl methyl sites for hydroxylation is 1. The maximum absolute atomic E-state index is 12.8. The van der Waals surface area contributed by atoms with Crippen LogP contribution in [0, 0.1) is 0 Å². The van der Waals surface area contributed by atoms with Gasteiger partial charge < -0.3 is 14.1 Å². The van der Waals surface area contributed by atoms with E-state index in [2.05, 4.69) is 21.0 Å². The van der Waals surface area contributed by atoms with Gasteiger partial charge in [0, 0.05) is 19.0 Å². The van der Waals surface area contributed by atoms with Crippen LogP contribution >= 0.6 is 15.9 Å². The molecule has 0 unspecified atom stereocenters. The number of ether oxygens (including phenoxy) is 1. The first-order valence-corrected chi connectivity index (χ1v) is 10.5. The summed E-state index contributed by atoms with van der Waals surface area (Å²) in [5, 5.41) is 6.45. The molecule has 7 heteroatoms. The largest absolute Gasteiger partial charge is 0.485 e. The molecule has 6 nitrogen and oxygen atoms in total. The fourth-order valence-electron chi connectivity index (χ4n) is 3.34. The molecule has 0 saturated heterocycles. The van der Waals surface area contributed by atoms with E-state index in [9.17, 15) is 4.79 Å². The molecule has 0 spiro atoms. The predicted octanol–water partition coefficient (Wildman–Crippen LogP) is 5.26. The van der Waals surface area contributed by atoms with E-state index in [4.69, 9.17) is 9.15 Å². The van der Waals surface area contributed by atoms with Crippen molar-refractivity contribution in [3.8, 4) is 5.75 Å². The molecule has 0 N–H and O–H groups in total. The van der Waals surface area contributed by atoms with Crippen molar-refractivity contribution in [2.45, 2.75) is 26.6 Å². The van der Waals surface area contributed by atoms with Gasteiger partial charge in [0.05, 0.1) is 22.9 Å². The van der Waals surface area contributed by atoms with Crippen LogP contribution in [0.15, 0.2) is 69.7 Å². The smallest absolute Gasteiger partial charge is 0.289 e. The number of rotatable bonds is 7. The summed E-state index contributed by atoms with van der Waals surface area (Å²) in [6, 6.07) is 17.5. The van der Waals surface area contributed by atoms with E-state index in [1.165, 1.54) is 0 Å². The number of hydrogen-bond donors (Lipinski definition) is 0. The highest BCUT2D eigenvalue weighted by Gasteiger charge is 2.19. The molecule has 0 aliphatic carbocycles. The number of furan rings is 1. The minimum absolute atomic E-state index is 0.192. The molecule has 2 heterocycles. The number of benzene rings is 2. The number of carbonyl (C=O) groups excluding carboxylic acids is 1. The van der Waals surface area contributed by atoms with E-state index >= 15 is 0 Å². The maximum Gasteiger partial charge on any atom is 0.289 e. The molecule has 0 aliphatic heterocycles. The predicted molar refractivity (Wildman–Crippen MR) is 118 cm³/mol. The summed E-state index contributed by atoms with van der Waals surface area (Å²) in [5.74, 6) is 1.47. The van der Waals surface area contributed by atoms with Crippen molar-refractivity contribution in [1.29, 1.82) is 0 Å². The number of halogens is 1. The van der Waals surface area contributed by atoms with Gasteiger partial charge in [0.1, 0.15) is 18.1 Å². The molecule has 30 heavy (non-hydrogen) atoms. The second kappa shape index (κ2) is 8.75. The van der Waals surface area contributed by atoms with Crippen molar-refractivity contribution in [2.24, 2.45) is 0 Å². The summed E-state index contributed by atoms with van der Waals surface area (Å²) in [4.78, 5) is 14.4. The lowest BCUT2D eigenvalue weighted by Crippen LogP contribution is -2.27. The van der Waals surface area contributed by atoms with Gasteiger partial charge in [-0.05, 0) is 46.4 Å². The van der Waals surface area contributed by atoms with E-state index in [1.54, 1.807) is 30.3 Å². The highest BCUT2D eigenvalue weighted by molar-refractivity contribution is 9.10. The summed E-state index contributed by atoms with van der Waals surface area (Å²) in [7, 11) is 1.75. The van der Waals surface area contributed by atoms with Gasteiger partial charge in [0.15, 0.2) is 5.76 Å². The fourth-order valence-corrected chi connectivity index (χ4v) is 3.76. The number of aromatic nitrogens is 2. The number of amides is 1. The van der Waals surface area contributed by atoms with Crippen molar-refractivity contribution in [3.63, 3.8) is 0 Å². The minimum atomic E-state index is -0.192. The Hall–Kier alpha value is -3.06. The van der Waals surface area contributed by atoms with Gasteiger partial charge in [0.25, 0.3) is 5.91 Å². The van der Waals surface area contributed by atoms with E-state index in [1.807, 2.05) is 54.1 Å². The molecule has 2 aromatic heterocycles. The van der Waals surface area contributed by atoms with Crippen molar-refractivity contribution in [3.05, 3.63) is 82.5 Å². The van der Waals surface area contributed by atoms with Gasteiger partial charge in [-0.1, -0.05) is 36.4 Å². The van der Waals surface area contributed by atoms with E-state index in [0.717, 1.165) is 33.2 Å². The average molecular weight is 468 g/mol. The Morgan fingerprint density at radius 2 is 1.97 bits per heavy atom. The molecule has 4 aromatic rings. The van der Waals surface area contributed by atoms with Crippen molar-refractivity contribution < 1.29 is 13.9 Å². The van der Waals surface area contributed by atoms with E-state index in [0.29, 0.717) is 12.3 Å². The molecule has 0 bridgehead atoms. The normalized spacial score (nSPS) is 11.0. The molecule has 2 aromatic carbocycles. The second-order valence-corrected chi connectivity index (χ2v) is 7.80. The zero-order valence-electron chi connectivity index (χ0n) is 16.8. The van der Waals surface area contributed by atoms with Crippen LogP contribution in [-0.2, 0) is 19.7 Å². The summed E-state index contributed by atoms with van der Waals surface area (Å²) in [6.07, 6.45) is 1.74. The average Bonchev–Trinajstić information content (AvgIpc) is 3.38. The van der Waals surface area contributed by atoms with Crippen LogP contribution in [0.1, 0.15) is 28.9 Å². The van der Waals surface area contributed by atoms with Crippen molar-refractivity contribution in [1.82, 2.24) is 14.7 Å². The van der Waals surface area contributed by atoms with Gasteiger partial charge in [-0.25, -0.2) is 0 Å². The van der Waals surface area contributed by atoms with Crippen molar-refractivity contribution in [2.75, 3.05) is 7.05 Å². The van der Waals surface area contributed by atoms with Crippen LogP contribution in [0.5, 0.6) is 5.75 Å². The number of nitrogens with zero attached hydrogens (tertiary/aromatic N) is 3. The Bertz CT molecular complexity index is 1180. The van der Waals surface area contributed by atoms with Crippen LogP contribution in [0.4, 0.5) is 0 Å². The second-order valence-electron chi connectivity index (χ2n) is 6.95. The Kier molecular flexibility index (Phi) is 5.90. The SMILES string of the molecule is CCn1ncc(Br)c1CN(C)C(=O)c1ccc(COc2cccc3ccccc23)o1. The van der Waals surface area contributed by atoms with Gasteiger partial charge in [0.2, 0.25) is 0 Å². The number of carbonyl (C=O) groups is 1. The summed E-state index contributed by atoms with van der Waals surface area (Å²) >= 11 is 3.49. The lowest BCUT2D eigenvalue weighted by molar-refractivity contribution is 0.0745. The molecule has 1 amide bonds. The third-order valence-electron chi connectivity index (χ3n) is 4.92. The number of fused-ring (bicyclic) bond motifs is 1. The third kappa shape index (κ3) is 4.11. The highest BCUT2D eigenvalue weighted by atomic mass is 79.9. The lowest BCUT2D eigenvalue weighted by atomic mass is 10.1. The van der Waals surface area contributed by atoms with Gasteiger partial charge in [-0.3, -0.25) is 9.48 Å². The van der Waals surface area contributed by atoms with Crippen LogP contribution in [0.25, 0.3) is 10.8 Å². The Balaban J connectivity index is 1.43. The quantitative estimate of drug-likeness (QED) is 0.371. The third-order valence-corrected chi connectivity index (χ3v) is 5.59. The lowest BCUT2D eigenvalue weighted by Gasteiger charge is -2.17. The molecular weight excluding hydrogens is 446 g/mol. The van der Waals surface area contributed by atoms with Gasteiger partial charge in [-0.15, -0.1) is 0 Å². The Morgan fingerprint density at radius 3 is 2.80 bits per heavy atom. The molecule has 0 radical (unpaired) electrons. The monoisotopic (exact) mass is 467 g/mol. The van der Waals surface area contributed by atoms with Gasteiger partial charge >= 0.3 is 0 Å². The Morgan fingerprint density at radius 1 is 1.17 bits per heavy atom. The molecular formula is C23H22BrN3O3. The van der Waals surface area contributed by atoms with E-state index in [-0.39, 0.29) is 18.3 Å². The molecule has 4 rings (SSSR count). The zero-order chi connectivity index (χ0) is 21.1. The van der Waals surface area contributed by atoms with Crippen molar-refractivity contribution >= 4 is 32.6 Å². The van der Waals surface area contributed by atoms with Crippen LogP contribution in [0.3, 0.4) is 0 Å². The highest BCUT2D eigenvalue weighted by Crippen LogP contribution is 2.26. The first kappa shape index (κ1) is 20.2. The molecule has 0 atom stereocenters. The summed E-state index contributed by atoms with van der Waals surface area (Å²) < 4.78 is 14.5. The summed E-state index contributed by atoms with van der Waals surface area (Å²) in [6.45, 7) is 3.42. The maximum atomic E-state index is 12.8. The Labute approximate surface area is 183 Å². The molecule has 154 valence electrons. The number of hydrogen-bond acceptors (Lipinski definition) is 4. The summed E-state index contributed by atoms with van der Waals surface area (Å²) in [5.41, 5.74) is 0.944. The van der Waals surface area contributed by atoms with Crippen LogP contribution in [0.2, 0.25) is 0 Å². The minimum Gasteiger partial charge on any atom is -0.485 e. The van der Waals surface area contributed by atoms with Gasteiger partial charge in [-0.2, -0.15) is 5.10 Å². The fraction of sp³-hybridized carbons (Fsp3) is 0.217. The molecule has 0 fully saturated rings. The first-order valence-electron chi connectivity index (χ1n) is 9.71. The topological polar surface area (TPSA) is 60.5 Å².